The standard InChI is InChI=1S/C21H25N5O3/c1-13(19(27)23-21-9-14-6-15(10-21)8-16(7-14)11-21)29-20(28)17-2-4-18(5-3-17)26-12-22-24-25-26/h2-5,12-16H,6-11H2,1H3,(H,23,27)/t13-,14?,15?,16?,21?/m1/s1. The van der Waals surface area contributed by atoms with Crippen LogP contribution in [0.15, 0.2) is 30.6 Å². The summed E-state index contributed by atoms with van der Waals surface area (Å²) in [5.74, 6) is 1.54. The Morgan fingerprint density at radius 1 is 1.10 bits per heavy atom. The molecule has 29 heavy (non-hydrogen) atoms. The highest BCUT2D eigenvalue weighted by molar-refractivity contribution is 5.92. The van der Waals surface area contributed by atoms with Crippen molar-refractivity contribution in [3.8, 4) is 5.69 Å². The lowest BCUT2D eigenvalue weighted by molar-refractivity contribution is -0.134. The molecule has 4 aliphatic carbocycles. The highest BCUT2D eigenvalue weighted by atomic mass is 16.5. The van der Waals surface area contributed by atoms with Gasteiger partial charge in [0.05, 0.1) is 11.3 Å². The summed E-state index contributed by atoms with van der Waals surface area (Å²) in [5, 5.41) is 14.3. The smallest absolute Gasteiger partial charge is 0.338 e. The molecule has 1 atom stereocenters. The molecule has 0 spiro atoms. The molecular weight excluding hydrogens is 370 g/mol. The minimum Gasteiger partial charge on any atom is -0.449 e. The highest BCUT2D eigenvalue weighted by Crippen LogP contribution is 2.55. The number of nitrogens with zero attached hydrogens (tertiary/aromatic N) is 4. The molecule has 0 radical (unpaired) electrons. The zero-order valence-corrected chi connectivity index (χ0v) is 16.5. The van der Waals surface area contributed by atoms with Crippen molar-refractivity contribution >= 4 is 11.9 Å². The Balaban J connectivity index is 1.20. The maximum Gasteiger partial charge on any atom is 0.338 e. The minimum atomic E-state index is -0.824. The largest absolute Gasteiger partial charge is 0.449 e. The number of ether oxygens (including phenoxy) is 1. The highest BCUT2D eigenvalue weighted by Gasteiger charge is 2.51. The molecule has 8 nitrogen and oxygen atoms in total. The molecule has 1 amide bonds. The van der Waals surface area contributed by atoms with Gasteiger partial charge in [-0.15, -0.1) is 5.10 Å². The van der Waals surface area contributed by atoms with Crippen molar-refractivity contribution in [1.29, 1.82) is 0 Å². The summed E-state index contributed by atoms with van der Waals surface area (Å²) in [5.41, 5.74) is 1.04. The molecule has 4 fully saturated rings. The fourth-order valence-electron chi connectivity index (χ4n) is 5.94. The summed E-state index contributed by atoms with van der Waals surface area (Å²) in [6.45, 7) is 1.64. The third-order valence-corrected chi connectivity index (χ3v) is 6.80. The van der Waals surface area contributed by atoms with Crippen LogP contribution in [0.2, 0.25) is 0 Å². The molecule has 0 aliphatic heterocycles. The van der Waals surface area contributed by atoms with Gasteiger partial charge in [-0.2, -0.15) is 0 Å². The molecule has 1 N–H and O–H groups in total. The van der Waals surface area contributed by atoms with Crippen LogP contribution in [0.25, 0.3) is 5.69 Å². The Hall–Kier alpha value is -2.77. The van der Waals surface area contributed by atoms with Crippen molar-refractivity contribution in [2.75, 3.05) is 0 Å². The van der Waals surface area contributed by atoms with Crippen LogP contribution in [0.1, 0.15) is 55.8 Å². The van der Waals surface area contributed by atoms with E-state index in [1.807, 2.05) is 0 Å². The van der Waals surface area contributed by atoms with Crippen molar-refractivity contribution in [3.63, 3.8) is 0 Å². The number of tetrazole rings is 1. The Kier molecular flexibility index (Phi) is 4.37. The number of rotatable bonds is 5. The van der Waals surface area contributed by atoms with E-state index in [2.05, 4.69) is 20.8 Å². The van der Waals surface area contributed by atoms with Crippen molar-refractivity contribution in [2.24, 2.45) is 17.8 Å². The first kappa shape index (κ1) is 18.3. The molecule has 152 valence electrons. The van der Waals surface area contributed by atoms with Gasteiger partial charge in [0.15, 0.2) is 6.10 Å². The molecule has 0 unspecified atom stereocenters. The van der Waals surface area contributed by atoms with Crippen molar-refractivity contribution < 1.29 is 14.3 Å². The van der Waals surface area contributed by atoms with E-state index in [0.717, 1.165) is 42.7 Å². The van der Waals surface area contributed by atoms with Crippen LogP contribution in [0.4, 0.5) is 0 Å². The number of benzene rings is 1. The number of nitrogens with one attached hydrogen (secondary N) is 1. The average molecular weight is 395 g/mol. The van der Waals surface area contributed by atoms with Crippen LogP contribution in [0.5, 0.6) is 0 Å². The zero-order valence-electron chi connectivity index (χ0n) is 16.5. The first-order valence-electron chi connectivity index (χ1n) is 10.4. The van der Waals surface area contributed by atoms with Crippen molar-refractivity contribution in [3.05, 3.63) is 36.2 Å². The topological polar surface area (TPSA) is 99.0 Å². The van der Waals surface area contributed by atoms with E-state index in [-0.39, 0.29) is 11.4 Å². The fourth-order valence-corrected chi connectivity index (χ4v) is 5.94. The van der Waals surface area contributed by atoms with E-state index >= 15 is 0 Å². The number of esters is 1. The van der Waals surface area contributed by atoms with Crippen LogP contribution in [-0.2, 0) is 9.53 Å². The Labute approximate surface area is 169 Å². The van der Waals surface area contributed by atoms with Crippen LogP contribution >= 0.6 is 0 Å². The van der Waals surface area contributed by atoms with Gasteiger partial charge in [-0.05, 0) is 97.9 Å². The molecule has 4 bridgehead atoms. The van der Waals surface area contributed by atoms with Gasteiger partial charge >= 0.3 is 5.97 Å². The van der Waals surface area contributed by atoms with Crippen LogP contribution in [0, 0.1) is 17.8 Å². The second-order valence-corrected chi connectivity index (χ2v) is 9.04. The van der Waals surface area contributed by atoms with Gasteiger partial charge in [0, 0.05) is 5.54 Å². The lowest BCUT2D eigenvalue weighted by atomic mass is 9.53. The number of hydrogen-bond acceptors (Lipinski definition) is 6. The summed E-state index contributed by atoms with van der Waals surface area (Å²) >= 11 is 0. The van der Waals surface area contributed by atoms with E-state index in [9.17, 15) is 9.59 Å². The van der Waals surface area contributed by atoms with Gasteiger partial charge in [0.2, 0.25) is 0 Å². The Morgan fingerprint density at radius 2 is 1.72 bits per heavy atom. The third kappa shape index (κ3) is 3.52. The van der Waals surface area contributed by atoms with E-state index in [4.69, 9.17) is 4.74 Å². The van der Waals surface area contributed by atoms with E-state index < -0.39 is 12.1 Å². The van der Waals surface area contributed by atoms with E-state index in [1.165, 1.54) is 30.3 Å². The van der Waals surface area contributed by atoms with Gasteiger partial charge < -0.3 is 10.1 Å². The summed E-state index contributed by atoms with van der Waals surface area (Å²) in [4.78, 5) is 25.3. The van der Waals surface area contributed by atoms with E-state index in [0.29, 0.717) is 5.56 Å². The average Bonchev–Trinajstić information content (AvgIpc) is 3.21. The molecule has 1 aromatic heterocycles. The van der Waals surface area contributed by atoms with Gasteiger partial charge in [0.1, 0.15) is 6.33 Å². The first-order valence-corrected chi connectivity index (χ1v) is 10.4. The van der Waals surface area contributed by atoms with Crippen molar-refractivity contribution in [2.45, 2.75) is 57.1 Å². The monoisotopic (exact) mass is 395 g/mol. The lowest BCUT2D eigenvalue weighted by Gasteiger charge is -2.57. The molecule has 2 aromatic rings. The van der Waals surface area contributed by atoms with Gasteiger partial charge in [0.25, 0.3) is 5.91 Å². The maximum absolute atomic E-state index is 12.8. The maximum atomic E-state index is 12.8. The number of carbonyl (C=O) groups is 2. The lowest BCUT2D eigenvalue weighted by Crippen LogP contribution is -2.61. The summed E-state index contributed by atoms with van der Waals surface area (Å²) in [6, 6.07) is 6.74. The SMILES string of the molecule is C[C@@H](OC(=O)c1ccc(-n2cnnn2)cc1)C(=O)NC12CC3CC(CC(C3)C1)C2. The Morgan fingerprint density at radius 3 is 2.28 bits per heavy atom. The van der Waals surface area contributed by atoms with Crippen molar-refractivity contribution in [1.82, 2.24) is 25.5 Å². The molecule has 6 rings (SSSR count). The molecule has 1 aromatic carbocycles. The minimum absolute atomic E-state index is 0.0833. The zero-order chi connectivity index (χ0) is 20.0. The third-order valence-electron chi connectivity index (χ3n) is 6.80. The van der Waals surface area contributed by atoms with Crippen LogP contribution in [0.3, 0.4) is 0 Å². The summed E-state index contributed by atoms with van der Waals surface area (Å²) in [6.07, 6.45) is 7.83. The molecular formula is C21H25N5O3. The van der Waals surface area contributed by atoms with Crippen LogP contribution < -0.4 is 5.32 Å². The quantitative estimate of drug-likeness (QED) is 0.780. The second-order valence-electron chi connectivity index (χ2n) is 9.04. The predicted molar refractivity (Wildman–Crippen MR) is 103 cm³/mol. The van der Waals surface area contributed by atoms with Crippen LogP contribution in [-0.4, -0.2) is 43.7 Å². The fraction of sp³-hybridized carbons (Fsp3) is 0.571. The van der Waals surface area contributed by atoms with Gasteiger partial charge in [-0.3, -0.25) is 4.79 Å². The molecule has 8 heteroatoms. The summed E-state index contributed by atoms with van der Waals surface area (Å²) < 4.78 is 6.94. The molecule has 1 heterocycles. The van der Waals surface area contributed by atoms with Gasteiger partial charge in [-0.1, -0.05) is 0 Å². The number of hydrogen-bond donors (Lipinski definition) is 1. The first-order chi connectivity index (χ1) is 14.0. The molecule has 4 saturated carbocycles. The van der Waals surface area contributed by atoms with Gasteiger partial charge in [-0.25, -0.2) is 9.48 Å². The second kappa shape index (κ2) is 6.93. The molecule has 4 aliphatic rings. The number of aromatic nitrogens is 4. The normalized spacial score (nSPS) is 30.7. The van der Waals surface area contributed by atoms with E-state index in [1.54, 1.807) is 31.2 Å². The Bertz CT molecular complexity index is 874. The summed E-state index contributed by atoms with van der Waals surface area (Å²) in [7, 11) is 0. The predicted octanol–water partition coefficient (Wildman–Crippen LogP) is 2.29. The number of amides is 1. The number of carbonyl (C=O) groups excluding carboxylic acids is 2. The molecule has 0 saturated heterocycles.